The first-order valence-corrected chi connectivity index (χ1v) is 9.77. The van der Waals surface area contributed by atoms with Crippen molar-refractivity contribution in [3.05, 3.63) is 14.7 Å². The van der Waals surface area contributed by atoms with Crippen LogP contribution in [-0.2, 0) is 16.6 Å². The SMILES string of the molecule is CSCC(C)CNS(=O)(=O)c1cc(CO)sc1Br. The van der Waals surface area contributed by atoms with Crippen molar-refractivity contribution in [2.45, 2.75) is 18.4 Å². The Morgan fingerprint density at radius 3 is 2.78 bits per heavy atom. The molecule has 0 aromatic carbocycles. The Bertz CT molecular complexity index is 487. The summed E-state index contributed by atoms with van der Waals surface area (Å²) < 4.78 is 27.3. The van der Waals surface area contributed by atoms with Crippen molar-refractivity contribution in [1.29, 1.82) is 0 Å². The van der Waals surface area contributed by atoms with Gasteiger partial charge in [-0.1, -0.05) is 6.92 Å². The third-order valence-corrected chi connectivity index (χ3v) is 6.79. The molecule has 0 amide bonds. The van der Waals surface area contributed by atoms with Gasteiger partial charge in [-0.25, -0.2) is 13.1 Å². The molecule has 0 fully saturated rings. The van der Waals surface area contributed by atoms with E-state index < -0.39 is 10.0 Å². The fourth-order valence-electron chi connectivity index (χ4n) is 1.33. The quantitative estimate of drug-likeness (QED) is 0.769. The molecule has 0 aliphatic rings. The van der Waals surface area contributed by atoms with Gasteiger partial charge in [0.2, 0.25) is 10.0 Å². The molecule has 1 heterocycles. The van der Waals surface area contributed by atoms with Crippen LogP contribution >= 0.6 is 39.0 Å². The second-order valence-electron chi connectivity index (χ2n) is 3.92. The van der Waals surface area contributed by atoms with Gasteiger partial charge in [-0.2, -0.15) is 11.8 Å². The Morgan fingerprint density at radius 2 is 2.28 bits per heavy atom. The van der Waals surface area contributed by atoms with Gasteiger partial charge in [0.1, 0.15) is 4.90 Å². The number of thioether (sulfide) groups is 1. The standard InChI is InChI=1S/C10H16BrNO3S3/c1-7(6-16-2)4-12-18(14,15)9-3-8(5-13)17-10(9)11/h3,7,12-13H,4-6H2,1-2H3. The van der Waals surface area contributed by atoms with E-state index in [1.54, 1.807) is 11.8 Å². The van der Waals surface area contributed by atoms with Gasteiger partial charge in [0.15, 0.2) is 0 Å². The number of halogens is 1. The van der Waals surface area contributed by atoms with E-state index in [-0.39, 0.29) is 17.4 Å². The topological polar surface area (TPSA) is 66.4 Å². The van der Waals surface area contributed by atoms with Crippen LogP contribution in [0.25, 0.3) is 0 Å². The highest BCUT2D eigenvalue weighted by Gasteiger charge is 2.21. The molecule has 4 nitrogen and oxygen atoms in total. The van der Waals surface area contributed by atoms with Crippen molar-refractivity contribution in [2.75, 3.05) is 18.6 Å². The smallest absolute Gasteiger partial charge is 0.242 e. The number of rotatable bonds is 7. The molecular formula is C10H16BrNO3S3. The van der Waals surface area contributed by atoms with E-state index in [9.17, 15) is 8.42 Å². The first-order chi connectivity index (χ1) is 8.40. The Morgan fingerprint density at radius 1 is 1.61 bits per heavy atom. The lowest BCUT2D eigenvalue weighted by atomic mass is 10.2. The molecule has 0 spiro atoms. The normalized spacial score (nSPS) is 13.8. The molecule has 1 aromatic heterocycles. The van der Waals surface area contributed by atoms with Gasteiger partial charge in [0, 0.05) is 11.4 Å². The average molecular weight is 374 g/mol. The third-order valence-electron chi connectivity index (χ3n) is 2.22. The minimum atomic E-state index is -3.50. The first-order valence-electron chi connectivity index (χ1n) is 5.28. The molecule has 18 heavy (non-hydrogen) atoms. The van der Waals surface area contributed by atoms with E-state index in [2.05, 4.69) is 20.7 Å². The largest absolute Gasteiger partial charge is 0.391 e. The third kappa shape index (κ3) is 4.50. The van der Waals surface area contributed by atoms with E-state index >= 15 is 0 Å². The fraction of sp³-hybridized carbons (Fsp3) is 0.600. The Balaban J connectivity index is 2.76. The van der Waals surface area contributed by atoms with E-state index in [1.807, 2.05) is 13.2 Å². The molecule has 0 aliphatic carbocycles. The summed E-state index contributed by atoms with van der Waals surface area (Å²) in [7, 11) is -3.50. The highest BCUT2D eigenvalue weighted by Crippen LogP contribution is 2.31. The van der Waals surface area contributed by atoms with Crippen molar-refractivity contribution in [3.8, 4) is 0 Å². The summed E-state index contributed by atoms with van der Waals surface area (Å²) in [6.45, 7) is 2.27. The number of sulfonamides is 1. The summed E-state index contributed by atoms with van der Waals surface area (Å²) in [5, 5.41) is 9.00. The summed E-state index contributed by atoms with van der Waals surface area (Å²) in [4.78, 5) is 0.826. The molecule has 1 aromatic rings. The molecule has 1 atom stereocenters. The molecule has 0 radical (unpaired) electrons. The maximum atomic E-state index is 12.1. The van der Waals surface area contributed by atoms with Crippen LogP contribution in [0.4, 0.5) is 0 Å². The molecule has 1 rings (SSSR count). The number of hydrogen-bond acceptors (Lipinski definition) is 5. The predicted molar refractivity (Wildman–Crippen MR) is 80.7 cm³/mol. The highest BCUT2D eigenvalue weighted by molar-refractivity contribution is 9.11. The molecule has 0 bridgehead atoms. The fourth-order valence-corrected chi connectivity index (χ4v) is 5.72. The first kappa shape index (κ1) is 16.5. The lowest BCUT2D eigenvalue weighted by molar-refractivity contribution is 0.285. The second-order valence-corrected chi connectivity index (χ2v) is 9.02. The van der Waals surface area contributed by atoms with Crippen LogP contribution < -0.4 is 4.72 Å². The zero-order valence-electron chi connectivity index (χ0n) is 10.1. The van der Waals surface area contributed by atoms with Crippen LogP contribution in [0.1, 0.15) is 11.8 Å². The van der Waals surface area contributed by atoms with Crippen molar-refractivity contribution in [3.63, 3.8) is 0 Å². The molecular weight excluding hydrogens is 358 g/mol. The second kappa shape index (κ2) is 7.25. The lowest BCUT2D eigenvalue weighted by Crippen LogP contribution is -2.29. The van der Waals surface area contributed by atoms with Gasteiger partial charge in [-0.15, -0.1) is 11.3 Å². The minimum Gasteiger partial charge on any atom is -0.391 e. The highest BCUT2D eigenvalue weighted by atomic mass is 79.9. The summed E-state index contributed by atoms with van der Waals surface area (Å²) in [6, 6.07) is 1.50. The molecule has 104 valence electrons. The van der Waals surface area contributed by atoms with Crippen molar-refractivity contribution >= 4 is 49.1 Å². The molecule has 1 unspecified atom stereocenters. The van der Waals surface area contributed by atoms with Crippen LogP contribution in [0.2, 0.25) is 0 Å². The van der Waals surface area contributed by atoms with Gasteiger partial charge in [-0.05, 0) is 39.9 Å². The molecule has 0 aliphatic heterocycles. The summed E-state index contributed by atoms with van der Waals surface area (Å²) in [5.41, 5.74) is 0. The number of aliphatic hydroxyl groups is 1. The summed E-state index contributed by atoms with van der Waals surface area (Å²) in [6.07, 6.45) is 1.99. The van der Waals surface area contributed by atoms with Crippen molar-refractivity contribution < 1.29 is 13.5 Å². The van der Waals surface area contributed by atoms with Crippen molar-refractivity contribution in [2.24, 2.45) is 5.92 Å². The van der Waals surface area contributed by atoms with E-state index in [0.29, 0.717) is 15.2 Å². The van der Waals surface area contributed by atoms with Crippen molar-refractivity contribution in [1.82, 2.24) is 4.72 Å². The monoisotopic (exact) mass is 373 g/mol. The van der Waals surface area contributed by atoms with Gasteiger partial charge in [0.05, 0.1) is 10.4 Å². The maximum absolute atomic E-state index is 12.1. The van der Waals surface area contributed by atoms with Gasteiger partial charge in [0.25, 0.3) is 0 Å². The van der Waals surface area contributed by atoms with Gasteiger partial charge < -0.3 is 5.11 Å². The minimum absolute atomic E-state index is 0.151. The Kier molecular flexibility index (Phi) is 6.63. The van der Waals surface area contributed by atoms with Crippen LogP contribution in [0.3, 0.4) is 0 Å². The summed E-state index contributed by atoms with van der Waals surface area (Å²) in [5.74, 6) is 1.19. The van der Waals surface area contributed by atoms with Gasteiger partial charge in [-0.3, -0.25) is 0 Å². The van der Waals surface area contributed by atoms with Crippen LogP contribution in [0.5, 0.6) is 0 Å². The van der Waals surface area contributed by atoms with E-state index in [4.69, 9.17) is 5.11 Å². The molecule has 0 saturated carbocycles. The number of thiophene rings is 1. The number of hydrogen-bond donors (Lipinski definition) is 2. The zero-order chi connectivity index (χ0) is 13.8. The molecule has 2 N–H and O–H groups in total. The van der Waals surface area contributed by atoms with E-state index in [1.165, 1.54) is 17.4 Å². The van der Waals surface area contributed by atoms with Gasteiger partial charge >= 0.3 is 0 Å². The number of aliphatic hydroxyl groups excluding tert-OH is 1. The zero-order valence-corrected chi connectivity index (χ0v) is 14.2. The number of nitrogens with one attached hydrogen (secondary N) is 1. The lowest BCUT2D eigenvalue weighted by Gasteiger charge is -2.11. The molecule has 8 heteroatoms. The Labute approximate surface area is 124 Å². The van der Waals surface area contributed by atoms with Crippen LogP contribution in [-0.4, -0.2) is 32.1 Å². The predicted octanol–water partition coefficient (Wildman–Crippen LogP) is 2.28. The average Bonchev–Trinajstić information content (AvgIpc) is 2.69. The molecule has 0 saturated heterocycles. The summed E-state index contributed by atoms with van der Waals surface area (Å²) >= 11 is 6.14. The van der Waals surface area contributed by atoms with E-state index in [0.717, 1.165) is 5.75 Å². The Hall–Kier alpha value is 0.400. The maximum Gasteiger partial charge on any atom is 0.242 e. The van der Waals surface area contributed by atoms with Crippen LogP contribution in [0.15, 0.2) is 14.7 Å². The van der Waals surface area contributed by atoms with Crippen LogP contribution in [0, 0.1) is 5.92 Å².